The van der Waals surface area contributed by atoms with Gasteiger partial charge in [0.15, 0.2) is 0 Å². The van der Waals surface area contributed by atoms with Crippen molar-refractivity contribution < 1.29 is 19.2 Å². The van der Waals surface area contributed by atoms with Crippen molar-refractivity contribution in [2.24, 2.45) is 0 Å². The molecule has 0 aliphatic carbocycles. The molecular weight excluding hydrogens is 255 g/mol. The monoisotopic (exact) mass is 270 g/mol. The number of rotatable bonds is 2. The Labute approximate surface area is 109 Å². The number of alkyl halides is 1. The Hall–Kier alpha value is -1.60. The van der Waals surface area contributed by atoms with Crippen molar-refractivity contribution in [1.29, 1.82) is 0 Å². The van der Waals surface area contributed by atoms with E-state index in [4.69, 9.17) is 4.74 Å². The molecule has 1 aliphatic heterocycles. The number of ether oxygens (including phenoxy) is 1. The van der Waals surface area contributed by atoms with Gasteiger partial charge in [0.1, 0.15) is 18.5 Å². The molecule has 0 saturated carbocycles. The second-order valence-corrected chi connectivity index (χ2v) is 4.97. The smallest absolute Gasteiger partial charge is 0.293 e. The first-order chi connectivity index (χ1) is 8.83. The Morgan fingerprint density at radius 2 is 2.37 bits per heavy atom. The summed E-state index contributed by atoms with van der Waals surface area (Å²) in [6.07, 6.45) is -0.875. The van der Waals surface area contributed by atoms with Gasteiger partial charge < -0.3 is 9.84 Å². The minimum Gasteiger partial charge on any atom is -0.387 e. The third kappa shape index (κ3) is 2.57. The summed E-state index contributed by atoms with van der Waals surface area (Å²) in [4.78, 5) is 14.0. The number of aliphatic hydroxyl groups is 1. The van der Waals surface area contributed by atoms with Gasteiger partial charge in [0, 0.05) is 12.6 Å². The van der Waals surface area contributed by atoms with Crippen LogP contribution in [-0.4, -0.2) is 32.9 Å². The fourth-order valence-corrected chi connectivity index (χ4v) is 2.18. The number of pyridine rings is 1. The van der Waals surface area contributed by atoms with Crippen LogP contribution in [0.15, 0.2) is 18.5 Å². The van der Waals surface area contributed by atoms with Crippen molar-refractivity contribution in [3.05, 3.63) is 34.1 Å². The van der Waals surface area contributed by atoms with E-state index in [2.05, 4.69) is 4.98 Å². The first-order valence-corrected chi connectivity index (χ1v) is 5.93. The minimum absolute atomic E-state index is 0.127. The minimum atomic E-state index is -1.51. The lowest BCUT2D eigenvalue weighted by atomic mass is 9.86. The molecule has 0 spiro atoms. The molecule has 1 aromatic rings. The number of halogens is 1. The van der Waals surface area contributed by atoms with Gasteiger partial charge in [0.05, 0.1) is 22.2 Å². The van der Waals surface area contributed by atoms with E-state index in [0.717, 1.165) is 6.20 Å². The average Bonchev–Trinajstić information content (AvgIpc) is 2.33. The first-order valence-electron chi connectivity index (χ1n) is 5.93. The van der Waals surface area contributed by atoms with Crippen molar-refractivity contribution in [2.45, 2.75) is 44.2 Å². The van der Waals surface area contributed by atoms with Gasteiger partial charge in [0.25, 0.3) is 5.69 Å². The molecule has 2 heterocycles. The molecular formula is C12H15FN2O4. The number of hydrogen-bond acceptors (Lipinski definition) is 5. The van der Waals surface area contributed by atoms with Crippen molar-refractivity contribution in [3.63, 3.8) is 0 Å². The maximum atomic E-state index is 14.1. The quantitative estimate of drug-likeness (QED) is 0.655. The molecule has 4 atom stereocenters. The van der Waals surface area contributed by atoms with Crippen LogP contribution < -0.4 is 0 Å². The lowest BCUT2D eigenvalue weighted by Gasteiger charge is -2.41. The fraction of sp³-hybridized carbons (Fsp3) is 0.583. The highest BCUT2D eigenvalue weighted by Gasteiger charge is 2.45. The van der Waals surface area contributed by atoms with Crippen molar-refractivity contribution in [1.82, 2.24) is 4.98 Å². The number of hydrogen-bond donors (Lipinski definition) is 1. The summed E-state index contributed by atoms with van der Waals surface area (Å²) in [7, 11) is 0. The summed E-state index contributed by atoms with van der Waals surface area (Å²) in [6, 6.07) is 1.38. The largest absolute Gasteiger partial charge is 0.387 e. The molecule has 0 aromatic carbocycles. The second kappa shape index (κ2) is 4.82. The SMILES string of the molecule is CC1OC(c2ccncc2[N+](=O)[O-])C(F)CC1(C)O. The highest BCUT2D eigenvalue weighted by molar-refractivity contribution is 5.39. The molecule has 1 N–H and O–H groups in total. The Morgan fingerprint density at radius 3 is 3.00 bits per heavy atom. The highest BCUT2D eigenvalue weighted by atomic mass is 19.1. The van der Waals surface area contributed by atoms with E-state index < -0.39 is 28.9 Å². The predicted octanol–water partition coefficient (Wildman–Crippen LogP) is 1.93. The molecule has 2 rings (SSSR count). The highest BCUT2D eigenvalue weighted by Crippen LogP contribution is 2.41. The lowest BCUT2D eigenvalue weighted by molar-refractivity contribution is -0.387. The Bertz CT molecular complexity index is 494. The van der Waals surface area contributed by atoms with E-state index >= 15 is 0 Å². The Kier molecular flexibility index (Phi) is 3.51. The molecule has 0 radical (unpaired) electrons. The van der Waals surface area contributed by atoms with Gasteiger partial charge in [-0.15, -0.1) is 0 Å². The van der Waals surface area contributed by atoms with Gasteiger partial charge >= 0.3 is 0 Å². The average molecular weight is 270 g/mol. The molecule has 104 valence electrons. The molecule has 4 unspecified atom stereocenters. The van der Waals surface area contributed by atoms with Gasteiger partial charge in [-0.3, -0.25) is 15.1 Å². The summed E-state index contributed by atoms with van der Waals surface area (Å²) in [5, 5.41) is 20.9. The van der Waals surface area contributed by atoms with Gasteiger partial charge in [-0.2, -0.15) is 0 Å². The lowest BCUT2D eigenvalue weighted by Crippen LogP contribution is -2.48. The maximum absolute atomic E-state index is 14.1. The maximum Gasteiger partial charge on any atom is 0.293 e. The third-order valence-electron chi connectivity index (χ3n) is 3.50. The Balaban J connectivity index is 2.35. The molecule has 19 heavy (non-hydrogen) atoms. The van der Waals surface area contributed by atoms with Crippen molar-refractivity contribution in [2.75, 3.05) is 0 Å². The first kappa shape index (κ1) is 13.8. The normalized spacial score (nSPS) is 35.1. The summed E-state index contributed by atoms with van der Waals surface area (Å²) in [6.45, 7) is 3.10. The topological polar surface area (TPSA) is 85.5 Å². The predicted molar refractivity (Wildman–Crippen MR) is 64.3 cm³/mol. The van der Waals surface area contributed by atoms with E-state index in [9.17, 15) is 19.6 Å². The van der Waals surface area contributed by atoms with Crippen LogP contribution in [-0.2, 0) is 4.74 Å². The van der Waals surface area contributed by atoms with Crippen LogP contribution in [0.5, 0.6) is 0 Å². The summed E-state index contributed by atoms with van der Waals surface area (Å²) >= 11 is 0. The molecule has 1 fully saturated rings. The van der Waals surface area contributed by atoms with Crippen molar-refractivity contribution >= 4 is 5.69 Å². The van der Waals surface area contributed by atoms with E-state index in [0.29, 0.717) is 0 Å². The van der Waals surface area contributed by atoms with Gasteiger partial charge in [-0.1, -0.05) is 0 Å². The van der Waals surface area contributed by atoms with E-state index in [1.165, 1.54) is 19.2 Å². The van der Waals surface area contributed by atoms with Crippen LogP contribution in [0.1, 0.15) is 31.9 Å². The van der Waals surface area contributed by atoms with E-state index in [-0.39, 0.29) is 17.7 Å². The third-order valence-corrected chi connectivity index (χ3v) is 3.50. The molecule has 0 bridgehead atoms. The number of nitrogens with zero attached hydrogens (tertiary/aromatic N) is 2. The molecule has 1 aromatic heterocycles. The molecule has 7 heteroatoms. The van der Waals surface area contributed by atoms with Crippen LogP contribution in [0.2, 0.25) is 0 Å². The summed E-state index contributed by atoms with van der Waals surface area (Å²) in [5.41, 5.74) is -1.41. The summed E-state index contributed by atoms with van der Waals surface area (Å²) in [5.74, 6) is 0. The zero-order valence-corrected chi connectivity index (χ0v) is 10.6. The number of aromatic nitrogens is 1. The molecule has 6 nitrogen and oxygen atoms in total. The van der Waals surface area contributed by atoms with Crippen LogP contribution in [0, 0.1) is 10.1 Å². The standard InChI is InChI=1S/C12H15FN2O4/c1-7-12(2,16)5-9(13)11(19-7)8-3-4-14-6-10(8)15(17)18/h3-4,6-7,9,11,16H,5H2,1-2H3. The van der Waals surface area contributed by atoms with E-state index in [1.807, 2.05) is 0 Å². The van der Waals surface area contributed by atoms with Gasteiger partial charge in [-0.05, 0) is 19.9 Å². The van der Waals surface area contributed by atoms with Crippen LogP contribution >= 0.6 is 0 Å². The van der Waals surface area contributed by atoms with E-state index in [1.54, 1.807) is 6.92 Å². The second-order valence-electron chi connectivity index (χ2n) is 4.97. The Morgan fingerprint density at radius 1 is 1.68 bits per heavy atom. The zero-order chi connectivity index (χ0) is 14.2. The molecule has 1 saturated heterocycles. The van der Waals surface area contributed by atoms with Crippen LogP contribution in [0.25, 0.3) is 0 Å². The van der Waals surface area contributed by atoms with Gasteiger partial charge in [0.2, 0.25) is 0 Å². The molecule has 1 aliphatic rings. The fourth-order valence-electron chi connectivity index (χ4n) is 2.18. The van der Waals surface area contributed by atoms with Crippen LogP contribution in [0.4, 0.5) is 10.1 Å². The van der Waals surface area contributed by atoms with Crippen molar-refractivity contribution in [3.8, 4) is 0 Å². The summed E-state index contributed by atoms with van der Waals surface area (Å²) < 4.78 is 19.6. The zero-order valence-electron chi connectivity index (χ0n) is 10.6. The van der Waals surface area contributed by atoms with Crippen LogP contribution in [0.3, 0.4) is 0 Å². The number of nitro groups is 1. The van der Waals surface area contributed by atoms with Gasteiger partial charge in [-0.25, -0.2) is 4.39 Å². The molecule has 0 amide bonds.